The van der Waals surface area contributed by atoms with Crippen LogP contribution in [0.1, 0.15) is 16.5 Å². The van der Waals surface area contributed by atoms with E-state index in [1.54, 1.807) is 13.3 Å². The Morgan fingerprint density at radius 2 is 2.10 bits per heavy atom. The molecule has 0 radical (unpaired) electrons. The zero-order chi connectivity index (χ0) is 14.4. The molecule has 1 unspecified atom stereocenters. The number of hydrogen-bond donors (Lipinski definition) is 1. The zero-order valence-corrected chi connectivity index (χ0v) is 11.9. The fraction of sp³-hybridized carbons (Fsp3) is 0.286. The molecule has 20 heavy (non-hydrogen) atoms. The SMILES string of the molecule is COCCOc1ccc(C(C(N)=O)c2nccs2)cc1. The summed E-state index contributed by atoms with van der Waals surface area (Å²) in [5.41, 5.74) is 6.29. The van der Waals surface area contributed by atoms with Crippen molar-refractivity contribution in [2.45, 2.75) is 5.92 Å². The van der Waals surface area contributed by atoms with Crippen LogP contribution in [0.4, 0.5) is 0 Å². The van der Waals surface area contributed by atoms with Gasteiger partial charge >= 0.3 is 0 Å². The van der Waals surface area contributed by atoms with Gasteiger partial charge in [0.25, 0.3) is 0 Å². The topological polar surface area (TPSA) is 74.4 Å². The first-order valence-electron chi connectivity index (χ1n) is 6.12. The zero-order valence-electron chi connectivity index (χ0n) is 11.1. The maximum Gasteiger partial charge on any atom is 0.231 e. The number of primary amides is 1. The second-order valence-electron chi connectivity index (χ2n) is 4.12. The lowest BCUT2D eigenvalue weighted by molar-refractivity contribution is -0.118. The first kappa shape index (κ1) is 14.5. The van der Waals surface area contributed by atoms with Crippen molar-refractivity contribution in [1.29, 1.82) is 0 Å². The normalized spacial score (nSPS) is 12.1. The predicted molar refractivity (Wildman–Crippen MR) is 77.0 cm³/mol. The molecule has 0 spiro atoms. The summed E-state index contributed by atoms with van der Waals surface area (Å²) >= 11 is 1.42. The molecule has 1 aromatic carbocycles. The van der Waals surface area contributed by atoms with Crippen LogP contribution in [0.3, 0.4) is 0 Å². The van der Waals surface area contributed by atoms with Crippen LogP contribution in [0.25, 0.3) is 0 Å². The minimum Gasteiger partial charge on any atom is -0.491 e. The van der Waals surface area contributed by atoms with E-state index in [0.717, 1.165) is 11.3 Å². The standard InChI is InChI=1S/C14H16N2O3S/c1-18-7-8-19-11-4-2-10(3-5-11)12(13(15)17)14-16-6-9-20-14/h2-6,9,12H,7-8H2,1H3,(H2,15,17). The Morgan fingerprint density at radius 1 is 1.35 bits per heavy atom. The fourth-order valence-electron chi connectivity index (χ4n) is 1.80. The smallest absolute Gasteiger partial charge is 0.231 e. The number of benzene rings is 1. The Hall–Kier alpha value is -1.92. The molecule has 0 aliphatic carbocycles. The number of thiazole rings is 1. The first-order valence-corrected chi connectivity index (χ1v) is 7.00. The Morgan fingerprint density at radius 3 is 2.65 bits per heavy atom. The van der Waals surface area contributed by atoms with E-state index in [4.69, 9.17) is 15.2 Å². The molecular weight excluding hydrogens is 276 g/mol. The third kappa shape index (κ3) is 3.55. The van der Waals surface area contributed by atoms with Crippen LogP contribution >= 0.6 is 11.3 Å². The van der Waals surface area contributed by atoms with E-state index in [-0.39, 0.29) is 0 Å². The molecule has 5 nitrogen and oxygen atoms in total. The molecule has 0 saturated carbocycles. The summed E-state index contributed by atoms with van der Waals surface area (Å²) in [6.45, 7) is 1.02. The minimum absolute atomic E-state index is 0.409. The van der Waals surface area contributed by atoms with Crippen molar-refractivity contribution in [2.24, 2.45) is 5.73 Å². The number of aromatic nitrogens is 1. The number of nitrogens with zero attached hydrogens (tertiary/aromatic N) is 1. The molecule has 0 aliphatic rings. The van der Waals surface area contributed by atoms with Gasteiger partial charge in [-0.05, 0) is 17.7 Å². The van der Waals surface area contributed by atoms with Crippen molar-refractivity contribution in [2.75, 3.05) is 20.3 Å². The summed E-state index contributed by atoms with van der Waals surface area (Å²) in [6.07, 6.45) is 1.66. The molecule has 2 rings (SSSR count). The maximum absolute atomic E-state index is 11.6. The van der Waals surface area contributed by atoms with Crippen LogP contribution in [0.2, 0.25) is 0 Å². The minimum atomic E-state index is -0.511. The van der Waals surface area contributed by atoms with Gasteiger partial charge in [-0.3, -0.25) is 4.79 Å². The summed E-state index contributed by atoms with van der Waals surface area (Å²) in [6, 6.07) is 7.29. The molecule has 1 heterocycles. The average Bonchev–Trinajstić information content (AvgIpc) is 2.94. The molecule has 106 valence electrons. The van der Waals surface area contributed by atoms with Crippen molar-refractivity contribution in [3.8, 4) is 5.75 Å². The van der Waals surface area contributed by atoms with Gasteiger partial charge in [0.05, 0.1) is 6.61 Å². The number of amides is 1. The summed E-state index contributed by atoms with van der Waals surface area (Å²) in [5.74, 6) is -0.191. The van der Waals surface area contributed by atoms with Gasteiger partial charge in [0.15, 0.2) is 0 Å². The Kier molecular flexibility index (Phi) is 5.09. The molecule has 2 aromatic rings. The van der Waals surface area contributed by atoms with Crippen LogP contribution in [0.15, 0.2) is 35.8 Å². The van der Waals surface area contributed by atoms with Crippen molar-refractivity contribution in [1.82, 2.24) is 4.98 Å². The number of methoxy groups -OCH3 is 1. The third-order valence-electron chi connectivity index (χ3n) is 2.75. The quantitative estimate of drug-likeness (QED) is 0.789. The monoisotopic (exact) mass is 292 g/mol. The van der Waals surface area contributed by atoms with E-state index in [0.29, 0.717) is 18.2 Å². The number of ether oxygens (including phenoxy) is 2. The highest BCUT2D eigenvalue weighted by molar-refractivity contribution is 7.09. The van der Waals surface area contributed by atoms with E-state index in [1.165, 1.54) is 11.3 Å². The van der Waals surface area contributed by atoms with Gasteiger partial charge in [-0.25, -0.2) is 4.98 Å². The summed E-state index contributed by atoms with van der Waals surface area (Å²) in [4.78, 5) is 15.8. The molecule has 0 bridgehead atoms. The number of carbonyl (C=O) groups is 1. The van der Waals surface area contributed by atoms with Gasteiger partial charge in [0, 0.05) is 18.7 Å². The Balaban J connectivity index is 2.13. The second kappa shape index (κ2) is 7.02. The fourth-order valence-corrected chi connectivity index (χ4v) is 2.58. The summed E-state index contributed by atoms with van der Waals surface area (Å²) in [7, 11) is 1.62. The predicted octanol–water partition coefficient (Wildman–Crippen LogP) is 1.79. The molecular formula is C14H16N2O3S. The lowest BCUT2D eigenvalue weighted by Crippen LogP contribution is -2.22. The average molecular weight is 292 g/mol. The van der Waals surface area contributed by atoms with Crippen molar-refractivity contribution >= 4 is 17.2 Å². The van der Waals surface area contributed by atoms with E-state index in [1.807, 2.05) is 29.6 Å². The van der Waals surface area contributed by atoms with Crippen LogP contribution in [-0.2, 0) is 9.53 Å². The van der Waals surface area contributed by atoms with Crippen molar-refractivity contribution in [3.63, 3.8) is 0 Å². The van der Waals surface area contributed by atoms with Crippen LogP contribution in [0.5, 0.6) is 5.75 Å². The Labute approximate surface area is 121 Å². The molecule has 6 heteroatoms. The number of rotatable bonds is 7. The number of nitrogens with two attached hydrogens (primary N) is 1. The highest BCUT2D eigenvalue weighted by atomic mass is 32.1. The van der Waals surface area contributed by atoms with E-state index in [9.17, 15) is 4.79 Å². The van der Waals surface area contributed by atoms with Crippen LogP contribution in [-0.4, -0.2) is 31.2 Å². The van der Waals surface area contributed by atoms with Gasteiger partial charge in [-0.15, -0.1) is 11.3 Å². The molecule has 0 aliphatic heterocycles. The van der Waals surface area contributed by atoms with Crippen molar-refractivity contribution < 1.29 is 14.3 Å². The molecule has 0 fully saturated rings. The largest absolute Gasteiger partial charge is 0.491 e. The van der Waals surface area contributed by atoms with E-state index < -0.39 is 11.8 Å². The second-order valence-corrected chi connectivity index (χ2v) is 5.04. The van der Waals surface area contributed by atoms with Crippen LogP contribution < -0.4 is 10.5 Å². The highest BCUT2D eigenvalue weighted by Gasteiger charge is 2.22. The van der Waals surface area contributed by atoms with Gasteiger partial charge in [-0.1, -0.05) is 12.1 Å². The number of hydrogen-bond acceptors (Lipinski definition) is 5. The summed E-state index contributed by atoms with van der Waals surface area (Å²) < 4.78 is 10.4. The molecule has 1 amide bonds. The van der Waals surface area contributed by atoms with Gasteiger partial charge in [0.2, 0.25) is 5.91 Å². The first-order chi connectivity index (χ1) is 9.72. The van der Waals surface area contributed by atoms with E-state index in [2.05, 4.69) is 4.98 Å². The van der Waals surface area contributed by atoms with Crippen LogP contribution in [0, 0.1) is 0 Å². The lowest BCUT2D eigenvalue weighted by atomic mass is 9.99. The van der Waals surface area contributed by atoms with Gasteiger partial charge in [-0.2, -0.15) is 0 Å². The van der Waals surface area contributed by atoms with Gasteiger partial charge in [0.1, 0.15) is 23.3 Å². The molecule has 2 N–H and O–H groups in total. The summed E-state index contributed by atoms with van der Waals surface area (Å²) in [5, 5.41) is 2.53. The highest BCUT2D eigenvalue weighted by Crippen LogP contribution is 2.27. The van der Waals surface area contributed by atoms with Crippen molar-refractivity contribution in [3.05, 3.63) is 46.4 Å². The number of carbonyl (C=O) groups excluding carboxylic acids is 1. The van der Waals surface area contributed by atoms with E-state index >= 15 is 0 Å². The third-order valence-corrected chi connectivity index (χ3v) is 3.59. The molecule has 1 aromatic heterocycles. The maximum atomic E-state index is 11.6. The Bertz CT molecular complexity index is 540. The lowest BCUT2D eigenvalue weighted by Gasteiger charge is -2.12. The van der Waals surface area contributed by atoms with Gasteiger partial charge < -0.3 is 15.2 Å². The molecule has 1 atom stereocenters. The molecule has 0 saturated heterocycles.